The molecule has 0 unspecified atom stereocenters. The highest BCUT2D eigenvalue weighted by atomic mass is 16.5. The lowest BCUT2D eigenvalue weighted by Crippen LogP contribution is -2.45. The number of morpholine rings is 1. The molecule has 4 heterocycles. The zero-order valence-corrected chi connectivity index (χ0v) is 21.4. The Kier molecular flexibility index (Phi) is 6.88. The van der Waals surface area contributed by atoms with Gasteiger partial charge < -0.3 is 20.3 Å². The number of benzene rings is 1. The molecular weight excluding hydrogens is 456 g/mol. The fourth-order valence-electron chi connectivity index (χ4n) is 4.76. The van der Waals surface area contributed by atoms with Crippen LogP contribution in [0.5, 0.6) is 0 Å². The molecule has 0 aliphatic carbocycles. The lowest BCUT2D eigenvalue weighted by atomic mass is 10.0. The SMILES string of the molecule is CC(C)N1CCc2c(nc(-c3ccc(NC(=O)Nc4cnn(C)c4)cc3)nc2N2CCOC[C@@H]2C)C1. The molecule has 2 aromatic heterocycles. The second-order valence-electron chi connectivity index (χ2n) is 9.79. The summed E-state index contributed by atoms with van der Waals surface area (Å²) in [6.07, 6.45) is 4.29. The van der Waals surface area contributed by atoms with Crippen LogP contribution in [0.4, 0.5) is 22.0 Å². The molecule has 1 aromatic carbocycles. The molecule has 1 saturated heterocycles. The quantitative estimate of drug-likeness (QED) is 0.564. The molecule has 1 atom stereocenters. The minimum atomic E-state index is -0.321. The van der Waals surface area contributed by atoms with Crippen molar-refractivity contribution < 1.29 is 9.53 Å². The first kappa shape index (κ1) is 24.2. The normalized spacial score (nSPS) is 18.2. The molecule has 1 fully saturated rings. The van der Waals surface area contributed by atoms with Crippen LogP contribution in [-0.2, 0) is 24.8 Å². The number of aryl methyl sites for hydroxylation is 1. The fraction of sp³-hybridized carbons (Fsp3) is 0.462. The van der Waals surface area contributed by atoms with Crippen LogP contribution in [0.3, 0.4) is 0 Å². The smallest absolute Gasteiger partial charge is 0.323 e. The molecule has 0 spiro atoms. The van der Waals surface area contributed by atoms with Gasteiger partial charge in [0.15, 0.2) is 5.82 Å². The van der Waals surface area contributed by atoms with Crippen molar-refractivity contribution in [3.05, 3.63) is 47.9 Å². The number of hydrogen-bond donors (Lipinski definition) is 2. The second-order valence-corrected chi connectivity index (χ2v) is 9.79. The highest BCUT2D eigenvalue weighted by Crippen LogP contribution is 2.32. The Hall–Kier alpha value is -3.50. The lowest BCUT2D eigenvalue weighted by Gasteiger charge is -2.38. The average molecular weight is 491 g/mol. The Morgan fingerprint density at radius 1 is 1.11 bits per heavy atom. The Labute approximate surface area is 211 Å². The first-order valence-electron chi connectivity index (χ1n) is 12.5. The molecule has 3 aromatic rings. The summed E-state index contributed by atoms with van der Waals surface area (Å²) in [6.45, 7) is 10.7. The average Bonchev–Trinajstić information content (AvgIpc) is 3.27. The Morgan fingerprint density at radius 2 is 1.89 bits per heavy atom. The van der Waals surface area contributed by atoms with Gasteiger partial charge in [0.1, 0.15) is 5.82 Å². The second kappa shape index (κ2) is 10.2. The Morgan fingerprint density at radius 3 is 2.58 bits per heavy atom. The number of anilines is 3. The van der Waals surface area contributed by atoms with Crippen LogP contribution < -0.4 is 15.5 Å². The summed E-state index contributed by atoms with van der Waals surface area (Å²) in [6, 6.07) is 8.06. The molecule has 36 heavy (non-hydrogen) atoms. The maximum atomic E-state index is 12.3. The van der Waals surface area contributed by atoms with Crippen molar-refractivity contribution in [1.29, 1.82) is 0 Å². The number of carbonyl (C=O) groups excluding carboxylic acids is 1. The van der Waals surface area contributed by atoms with Gasteiger partial charge in [0.2, 0.25) is 0 Å². The molecule has 0 radical (unpaired) electrons. The van der Waals surface area contributed by atoms with Gasteiger partial charge in [0.05, 0.1) is 36.8 Å². The highest BCUT2D eigenvalue weighted by molar-refractivity contribution is 5.99. The van der Waals surface area contributed by atoms with Crippen LogP contribution >= 0.6 is 0 Å². The van der Waals surface area contributed by atoms with Gasteiger partial charge in [-0.25, -0.2) is 14.8 Å². The van der Waals surface area contributed by atoms with Crippen LogP contribution in [0.25, 0.3) is 11.4 Å². The largest absolute Gasteiger partial charge is 0.377 e. The molecule has 10 nitrogen and oxygen atoms in total. The lowest BCUT2D eigenvalue weighted by molar-refractivity contribution is 0.0983. The van der Waals surface area contributed by atoms with Gasteiger partial charge in [-0.2, -0.15) is 5.10 Å². The highest BCUT2D eigenvalue weighted by Gasteiger charge is 2.29. The Balaban J connectivity index is 1.40. The molecule has 2 N–H and O–H groups in total. The number of nitrogens with zero attached hydrogens (tertiary/aromatic N) is 6. The molecule has 10 heteroatoms. The summed E-state index contributed by atoms with van der Waals surface area (Å²) < 4.78 is 7.32. The summed E-state index contributed by atoms with van der Waals surface area (Å²) in [5.41, 5.74) is 4.60. The van der Waals surface area contributed by atoms with Crippen molar-refractivity contribution in [3.8, 4) is 11.4 Å². The first-order chi connectivity index (χ1) is 17.4. The Bertz CT molecular complexity index is 1220. The number of fused-ring (bicyclic) bond motifs is 1. The van der Waals surface area contributed by atoms with Gasteiger partial charge in [-0.15, -0.1) is 0 Å². The minimum Gasteiger partial charge on any atom is -0.377 e. The zero-order chi connectivity index (χ0) is 25.2. The van der Waals surface area contributed by atoms with E-state index in [4.69, 9.17) is 14.7 Å². The van der Waals surface area contributed by atoms with Crippen molar-refractivity contribution in [2.75, 3.05) is 41.8 Å². The number of nitrogens with one attached hydrogen (secondary N) is 2. The van der Waals surface area contributed by atoms with E-state index in [-0.39, 0.29) is 12.1 Å². The van der Waals surface area contributed by atoms with Gasteiger partial charge >= 0.3 is 6.03 Å². The van der Waals surface area contributed by atoms with Crippen molar-refractivity contribution in [2.24, 2.45) is 7.05 Å². The van der Waals surface area contributed by atoms with E-state index in [2.05, 4.69) is 46.3 Å². The monoisotopic (exact) mass is 490 g/mol. The predicted octanol–water partition coefficient (Wildman–Crippen LogP) is 3.51. The predicted molar refractivity (Wildman–Crippen MR) is 140 cm³/mol. The standard InChI is InChI=1S/C26H34N8O2/c1-17(2)33-10-9-22-23(15-33)30-24(31-25(22)34-11-12-36-16-18(34)3)19-5-7-20(8-6-19)28-26(35)29-21-13-27-32(4)14-21/h5-8,13-14,17-18H,9-12,15-16H2,1-4H3,(H2,28,29,35)/t18-/m0/s1. The third kappa shape index (κ3) is 5.19. The maximum absolute atomic E-state index is 12.3. The molecule has 190 valence electrons. The van der Waals surface area contributed by atoms with E-state index in [0.29, 0.717) is 36.5 Å². The zero-order valence-electron chi connectivity index (χ0n) is 21.4. The third-order valence-corrected chi connectivity index (χ3v) is 6.81. The van der Waals surface area contributed by atoms with Crippen molar-refractivity contribution >= 4 is 23.2 Å². The number of urea groups is 1. The molecule has 2 aliphatic heterocycles. The van der Waals surface area contributed by atoms with Crippen molar-refractivity contribution in [3.63, 3.8) is 0 Å². The van der Waals surface area contributed by atoms with E-state index in [0.717, 1.165) is 43.1 Å². The summed E-state index contributed by atoms with van der Waals surface area (Å²) in [7, 11) is 1.80. The summed E-state index contributed by atoms with van der Waals surface area (Å²) in [4.78, 5) is 27.3. The van der Waals surface area contributed by atoms with Crippen LogP contribution in [0, 0.1) is 0 Å². The number of rotatable bonds is 5. The maximum Gasteiger partial charge on any atom is 0.323 e. The fourth-order valence-corrected chi connectivity index (χ4v) is 4.76. The van der Waals surface area contributed by atoms with E-state index >= 15 is 0 Å². The number of ether oxygens (including phenoxy) is 1. The number of amides is 2. The molecular formula is C26H34N8O2. The van der Waals surface area contributed by atoms with E-state index in [1.165, 1.54) is 5.56 Å². The first-order valence-corrected chi connectivity index (χ1v) is 12.5. The molecule has 5 rings (SSSR count). The topological polar surface area (TPSA) is 100 Å². The van der Waals surface area contributed by atoms with Crippen LogP contribution in [0.1, 0.15) is 32.0 Å². The van der Waals surface area contributed by atoms with Gasteiger partial charge in [0.25, 0.3) is 0 Å². The molecule has 2 amide bonds. The molecule has 0 bridgehead atoms. The third-order valence-electron chi connectivity index (χ3n) is 6.81. The number of aromatic nitrogens is 4. The number of carbonyl (C=O) groups is 1. The summed E-state index contributed by atoms with van der Waals surface area (Å²) in [5, 5.41) is 9.69. The molecule has 0 saturated carbocycles. The van der Waals surface area contributed by atoms with Crippen LogP contribution in [0.2, 0.25) is 0 Å². The van der Waals surface area contributed by atoms with Gasteiger partial charge in [-0.1, -0.05) is 0 Å². The summed E-state index contributed by atoms with van der Waals surface area (Å²) in [5.74, 6) is 1.74. The molecule has 2 aliphatic rings. The van der Waals surface area contributed by atoms with E-state index in [9.17, 15) is 4.79 Å². The number of hydrogen-bond acceptors (Lipinski definition) is 7. The van der Waals surface area contributed by atoms with E-state index in [1.54, 1.807) is 24.1 Å². The van der Waals surface area contributed by atoms with E-state index in [1.807, 2.05) is 24.3 Å². The summed E-state index contributed by atoms with van der Waals surface area (Å²) >= 11 is 0. The van der Waals surface area contributed by atoms with Crippen molar-refractivity contribution in [2.45, 2.75) is 45.8 Å². The minimum absolute atomic E-state index is 0.263. The van der Waals surface area contributed by atoms with Crippen LogP contribution in [0.15, 0.2) is 36.7 Å². The van der Waals surface area contributed by atoms with Gasteiger partial charge in [-0.3, -0.25) is 9.58 Å². The van der Waals surface area contributed by atoms with Gasteiger partial charge in [0, 0.05) is 55.7 Å². The van der Waals surface area contributed by atoms with E-state index < -0.39 is 0 Å². The van der Waals surface area contributed by atoms with Crippen LogP contribution in [-0.4, -0.2) is 69.1 Å². The van der Waals surface area contributed by atoms with Gasteiger partial charge in [-0.05, 0) is 51.5 Å². The van der Waals surface area contributed by atoms with Crippen molar-refractivity contribution in [1.82, 2.24) is 24.6 Å².